The number of carbonyl (C=O) groups is 2. The van der Waals surface area contributed by atoms with Gasteiger partial charge in [-0.2, -0.15) is 0 Å². The van der Waals surface area contributed by atoms with E-state index < -0.39 is 27.3 Å². The van der Waals surface area contributed by atoms with Crippen molar-refractivity contribution >= 4 is 21.6 Å². The number of aryl methyl sites for hydroxylation is 1. The smallest absolute Gasteiger partial charge is 0.375 e. The lowest BCUT2D eigenvalue weighted by Gasteiger charge is -2.04. The SMILES string of the molecule is CCOC(=O)C(=O)CS(=O)(=O)c1ccc(C)cc1. The Balaban J connectivity index is 2.86. The van der Waals surface area contributed by atoms with Crippen LogP contribution < -0.4 is 0 Å². The van der Waals surface area contributed by atoms with E-state index in [0.29, 0.717) is 0 Å². The van der Waals surface area contributed by atoms with Crippen molar-refractivity contribution in [1.29, 1.82) is 0 Å². The van der Waals surface area contributed by atoms with Gasteiger partial charge in [0.1, 0.15) is 5.75 Å². The normalized spacial score (nSPS) is 11.0. The standard InChI is InChI=1S/C12H14O5S/c1-3-17-12(14)11(13)8-18(15,16)10-6-4-9(2)5-7-10/h4-7H,3,8H2,1-2H3. The van der Waals surface area contributed by atoms with E-state index in [1.807, 2.05) is 6.92 Å². The predicted octanol–water partition coefficient (Wildman–Crippen LogP) is 0.901. The molecule has 0 saturated heterocycles. The first-order valence-corrected chi connectivity index (χ1v) is 7.01. The summed E-state index contributed by atoms with van der Waals surface area (Å²) in [4.78, 5) is 22.4. The highest BCUT2D eigenvalue weighted by Crippen LogP contribution is 2.12. The number of hydrogen-bond acceptors (Lipinski definition) is 5. The Bertz CT molecular complexity index is 542. The molecule has 1 aromatic rings. The number of esters is 1. The largest absolute Gasteiger partial charge is 0.460 e. The number of ether oxygens (including phenoxy) is 1. The number of benzene rings is 1. The Labute approximate surface area is 106 Å². The summed E-state index contributed by atoms with van der Waals surface area (Å²) in [6, 6.07) is 6.07. The minimum Gasteiger partial charge on any atom is -0.460 e. The van der Waals surface area contributed by atoms with Gasteiger partial charge in [-0.05, 0) is 26.0 Å². The predicted molar refractivity (Wildman–Crippen MR) is 64.9 cm³/mol. The van der Waals surface area contributed by atoms with Gasteiger partial charge in [-0.3, -0.25) is 4.79 Å². The van der Waals surface area contributed by atoms with E-state index in [1.54, 1.807) is 19.1 Å². The van der Waals surface area contributed by atoms with Gasteiger partial charge in [0, 0.05) is 0 Å². The molecule has 0 aliphatic rings. The van der Waals surface area contributed by atoms with Gasteiger partial charge in [0.05, 0.1) is 11.5 Å². The van der Waals surface area contributed by atoms with Crippen LogP contribution in [0.5, 0.6) is 0 Å². The van der Waals surface area contributed by atoms with Crippen LogP contribution in [0.4, 0.5) is 0 Å². The average Bonchev–Trinajstić information content (AvgIpc) is 2.29. The van der Waals surface area contributed by atoms with Crippen molar-refractivity contribution in [3.8, 4) is 0 Å². The summed E-state index contributed by atoms with van der Waals surface area (Å²) in [7, 11) is -3.79. The van der Waals surface area contributed by atoms with Crippen LogP contribution in [0.25, 0.3) is 0 Å². The Kier molecular flexibility index (Phi) is 4.61. The Morgan fingerprint density at radius 3 is 2.22 bits per heavy atom. The summed E-state index contributed by atoms with van der Waals surface area (Å²) in [6.07, 6.45) is 0. The van der Waals surface area contributed by atoms with Crippen LogP contribution in [0.3, 0.4) is 0 Å². The first kappa shape index (κ1) is 14.4. The van der Waals surface area contributed by atoms with Gasteiger partial charge in [-0.25, -0.2) is 13.2 Å². The maximum atomic E-state index is 11.8. The van der Waals surface area contributed by atoms with E-state index in [-0.39, 0.29) is 11.5 Å². The lowest BCUT2D eigenvalue weighted by atomic mass is 10.2. The van der Waals surface area contributed by atoms with Crippen LogP contribution in [0.2, 0.25) is 0 Å². The molecule has 18 heavy (non-hydrogen) atoms. The molecule has 5 nitrogen and oxygen atoms in total. The molecule has 0 radical (unpaired) electrons. The zero-order valence-electron chi connectivity index (χ0n) is 10.2. The summed E-state index contributed by atoms with van der Waals surface area (Å²) in [6.45, 7) is 3.40. The molecule has 0 aliphatic heterocycles. The highest BCUT2D eigenvalue weighted by Gasteiger charge is 2.24. The molecule has 0 spiro atoms. The Morgan fingerprint density at radius 1 is 1.17 bits per heavy atom. The summed E-state index contributed by atoms with van der Waals surface area (Å²) in [5.74, 6) is -3.04. The number of hydrogen-bond donors (Lipinski definition) is 0. The number of Topliss-reactive ketones (excluding diaryl/α,β-unsaturated/α-hetero) is 1. The molecule has 1 rings (SSSR count). The van der Waals surface area contributed by atoms with Gasteiger partial charge < -0.3 is 4.74 Å². The monoisotopic (exact) mass is 270 g/mol. The third-order valence-corrected chi connectivity index (χ3v) is 3.84. The average molecular weight is 270 g/mol. The van der Waals surface area contributed by atoms with Crippen LogP contribution in [0.1, 0.15) is 12.5 Å². The van der Waals surface area contributed by atoms with E-state index in [9.17, 15) is 18.0 Å². The lowest BCUT2D eigenvalue weighted by Crippen LogP contribution is -2.25. The topological polar surface area (TPSA) is 77.5 Å². The summed E-state index contributed by atoms with van der Waals surface area (Å²) in [5.41, 5.74) is 0.908. The van der Waals surface area contributed by atoms with Crippen molar-refractivity contribution in [2.75, 3.05) is 12.4 Å². The molecule has 1 aromatic carbocycles. The van der Waals surface area contributed by atoms with Crippen molar-refractivity contribution in [3.05, 3.63) is 29.8 Å². The molecule has 0 fully saturated rings. The van der Waals surface area contributed by atoms with Gasteiger partial charge >= 0.3 is 5.97 Å². The fourth-order valence-corrected chi connectivity index (χ4v) is 2.45. The van der Waals surface area contributed by atoms with Crippen molar-refractivity contribution < 1.29 is 22.7 Å². The fourth-order valence-electron chi connectivity index (χ4n) is 1.27. The van der Waals surface area contributed by atoms with Gasteiger partial charge in [-0.1, -0.05) is 17.7 Å². The van der Waals surface area contributed by atoms with Crippen LogP contribution in [-0.2, 0) is 24.2 Å². The number of ketones is 1. The quantitative estimate of drug-likeness (QED) is 0.587. The van der Waals surface area contributed by atoms with Crippen molar-refractivity contribution in [2.45, 2.75) is 18.7 Å². The summed E-state index contributed by atoms with van der Waals surface area (Å²) < 4.78 is 28.1. The molecule has 6 heteroatoms. The molecule has 0 aromatic heterocycles. The van der Waals surface area contributed by atoms with E-state index in [0.717, 1.165) is 5.56 Å². The van der Waals surface area contributed by atoms with E-state index >= 15 is 0 Å². The molecule has 0 bridgehead atoms. The molecule has 0 heterocycles. The van der Waals surface area contributed by atoms with Gasteiger partial charge in [0.25, 0.3) is 5.78 Å². The second kappa shape index (κ2) is 5.77. The van der Waals surface area contributed by atoms with E-state index in [2.05, 4.69) is 4.74 Å². The molecule has 0 N–H and O–H groups in total. The first-order valence-electron chi connectivity index (χ1n) is 5.36. The highest BCUT2D eigenvalue weighted by molar-refractivity contribution is 7.92. The third kappa shape index (κ3) is 3.66. The van der Waals surface area contributed by atoms with E-state index in [1.165, 1.54) is 12.1 Å². The first-order chi connectivity index (χ1) is 8.36. The Morgan fingerprint density at radius 2 is 1.72 bits per heavy atom. The Hall–Kier alpha value is -1.69. The van der Waals surface area contributed by atoms with E-state index in [4.69, 9.17) is 0 Å². The van der Waals surface area contributed by atoms with Crippen LogP contribution in [0, 0.1) is 6.92 Å². The van der Waals surface area contributed by atoms with Crippen LogP contribution >= 0.6 is 0 Å². The van der Waals surface area contributed by atoms with Crippen molar-refractivity contribution in [1.82, 2.24) is 0 Å². The molecule has 0 saturated carbocycles. The minimum absolute atomic E-state index is 0.0192. The summed E-state index contributed by atoms with van der Waals surface area (Å²) >= 11 is 0. The fraction of sp³-hybridized carbons (Fsp3) is 0.333. The molecular formula is C12H14O5S. The number of carbonyl (C=O) groups excluding carboxylic acids is 2. The molecule has 0 unspecified atom stereocenters. The number of rotatable bonds is 5. The zero-order valence-corrected chi connectivity index (χ0v) is 11.0. The van der Waals surface area contributed by atoms with Crippen molar-refractivity contribution in [3.63, 3.8) is 0 Å². The maximum Gasteiger partial charge on any atom is 0.375 e. The van der Waals surface area contributed by atoms with Crippen LogP contribution in [-0.4, -0.2) is 32.5 Å². The second-order valence-electron chi connectivity index (χ2n) is 3.72. The van der Waals surface area contributed by atoms with Gasteiger partial charge in [0.2, 0.25) is 0 Å². The molecule has 98 valence electrons. The molecule has 0 atom stereocenters. The number of sulfone groups is 1. The lowest BCUT2D eigenvalue weighted by molar-refractivity contribution is -0.152. The summed E-state index contributed by atoms with van der Waals surface area (Å²) in [5, 5.41) is 0. The molecule has 0 amide bonds. The maximum absolute atomic E-state index is 11.8. The zero-order chi connectivity index (χ0) is 13.8. The highest BCUT2D eigenvalue weighted by atomic mass is 32.2. The molecular weight excluding hydrogens is 256 g/mol. The van der Waals surface area contributed by atoms with Crippen molar-refractivity contribution in [2.24, 2.45) is 0 Å². The van der Waals surface area contributed by atoms with Crippen LogP contribution in [0.15, 0.2) is 29.2 Å². The van der Waals surface area contributed by atoms with Gasteiger partial charge in [-0.15, -0.1) is 0 Å². The minimum atomic E-state index is -3.79. The van der Waals surface area contributed by atoms with Gasteiger partial charge in [0.15, 0.2) is 9.84 Å². The molecule has 0 aliphatic carbocycles. The second-order valence-corrected chi connectivity index (χ2v) is 5.71. The third-order valence-electron chi connectivity index (χ3n) is 2.20.